The zero-order valence-electron chi connectivity index (χ0n) is 17.8. The Bertz CT molecular complexity index is 923. The summed E-state index contributed by atoms with van der Waals surface area (Å²) in [5.41, 5.74) is 3.08. The Kier molecular flexibility index (Phi) is 6.67. The SMILES string of the molecule is CCc1cc(NC(CN2CCN(C)CC2)c2ccccc2)nc(-c2ccccn2)n1. The van der Waals surface area contributed by atoms with E-state index >= 15 is 0 Å². The molecule has 4 rings (SSSR count). The molecule has 0 amide bonds. The number of benzene rings is 1. The Hall–Kier alpha value is -2.83. The molecule has 1 fully saturated rings. The van der Waals surface area contributed by atoms with Crippen LogP contribution in [0.25, 0.3) is 11.5 Å². The Morgan fingerprint density at radius 2 is 1.73 bits per heavy atom. The van der Waals surface area contributed by atoms with Crippen LogP contribution in [-0.4, -0.2) is 64.5 Å². The fourth-order valence-electron chi connectivity index (χ4n) is 3.75. The van der Waals surface area contributed by atoms with Crippen molar-refractivity contribution in [3.05, 3.63) is 72.1 Å². The first-order valence-electron chi connectivity index (χ1n) is 10.7. The second-order valence-electron chi connectivity index (χ2n) is 7.85. The fourth-order valence-corrected chi connectivity index (χ4v) is 3.75. The molecule has 0 radical (unpaired) electrons. The van der Waals surface area contributed by atoms with Crippen molar-refractivity contribution in [3.8, 4) is 11.5 Å². The van der Waals surface area contributed by atoms with E-state index in [2.05, 4.69) is 70.5 Å². The first kappa shape index (κ1) is 20.4. The molecule has 1 N–H and O–H groups in total. The van der Waals surface area contributed by atoms with Crippen LogP contribution in [-0.2, 0) is 6.42 Å². The Morgan fingerprint density at radius 3 is 2.43 bits per heavy atom. The van der Waals surface area contributed by atoms with Crippen LogP contribution in [0, 0.1) is 0 Å². The molecule has 156 valence electrons. The monoisotopic (exact) mass is 402 g/mol. The average Bonchev–Trinajstić information content (AvgIpc) is 2.81. The summed E-state index contributed by atoms with van der Waals surface area (Å²) in [5.74, 6) is 1.52. The van der Waals surface area contributed by atoms with Gasteiger partial charge in [-0.2, -0.15) is 0 Å². The molecular formula is C24H30N6. The Labute approximate surface area is 179 Å². The number of pyridine rings is 1. The maximum atomic E-state index is 4.81. The number of piperazine rings is 1. The number of nitrogens with one attached hydrogen (secondary N) is 1. The van der Waals surface area contributed by atoms with Crippen LogP contribution in [0.5, 0.6) is 0 Å². The van der Waals surface area contributed by atoms with Crippen molar-refractivity contribution in [3.63, 3.8) is 0 Å². The topological polar surface area (TPSA) is 57.2 Å². The lowest BCUT2D eigenvalue weighted by Crippen LogP contribution is -2.46. The van der Waals surface area contributed by atoms with Gasteiger partial charge in [0, 0.05) is 50.7 Å². The zero-order valence-corrected chi connectivity index (χ0v) is 17.8. The number of nitrogens with zero attached hydrogens (tertiary/aromatic N) is 5. The second kappa shape index (κ2) is 9.78. The number of rotatable bonds is 7. The third kappa shape index (κ3) is 5.20. The largest absolute Gasteiger partial charge is 0.362 e. The van der Waals surface area contributed by atoms with E-state index in [1.807, 2.05) is 18.2 Å². The van der Waals surface area contributed by atoms with Crippen LogP contribution >= 0.6 is 0 Å². The van der Waals surface area contributed by atoms with Gasteiger partial charge in [0.05, 0.1) is 6.04 Å². The van der Waals surface area contributed by atoms with Gasteiger partial charge in [0.15, 0.2) is 5.82 Å². The highest BCUT2D eigenvalue weighted by Gasteiger charge is 2.20. The van der Waals surface area contributed by atoms with E-state index in [0.29, 0.717) is 5.82 Å². The van der Waals surface area contributed by atoms with Gasteiger partial charge in [0.25, 0.3) is 0 Å². The number of hydrogen-bond acceptors (Lipinski definition) is 6. The van der Waals surface area contributed by atoms with Crippen LogP contribution in [0.1, 0.15) is 24.2 Å². The summed E-state index contributed by atoms with van der Waals surface area (Å²) in [6, 6.07) is 18.7. The minimum absolute atomic E-state index is 0.158. The van der Waals surface area contributed by atoms with Gasteiger partial charge in [-0.3, -0.25) is 9.88 Å². The fraction of sp³-hybridized carbons (Fsp3) is 0.375. The zero-order chi connectivity index (χ0) is 20.8. The van der Waals surface area contributed by atoms with Crippen molar-refractivity contribution in [2.24, 2.45) is 0 Å². The van der Waals surface area contributed by atoms with Crippen molar-refractivity contribution < 1.29 is 0 Å². The maximum Gasteiger partial charge on any atom is 0.180 e. The molecule has 1 unspecified atom stereocenters. The van der Waals surface area contributed by atoms with E-state index in [9.17, 15) is 0 Å². The highest BCUT2D eigenvalue weighted by atomic mass is 15.3. The summed E-state index contributed by atoms with van der Waals surface area (Å²) >= 11 is 0. The molecule has 0 aliphatic carbocycles. The molecule has 2 aromatic heterocycles. The number of aromatic nitrogens is 3. The van der Waals surface area contributed by atoms with Crippen molar-refractivity contribution >= 4 is 5.82 Å². The van der Waals surface area contributed by atoms with E-state index < -0.39 is 0 Å². The molecule has 1 saturated heterocycles. The smallest absolute Gasteiger partial charge is 0.180 e. The molecule has 6 heteroatoms. The molecule has 1 aliphatic rings. The number of hydrogen-bond donors (Lipinski definition) is 1. The molecule has 30 heavy (non-hydrogen) atoms. The molecule has 0 saturated carbocycles. The highest BCUT2D eigenvalue weighted by Crippen LogP contribution is 2.23. The highest BCUT2D eigenvalue weighted by molar-refractivity contribution is 5.53. The van der Waals surface area contributed by atoms with Crippen LogP contribution in [0.3, 0.4) is 0 Å². The maximum absolute atomic E-state index is 4.81. The van der Waals surface area contributed by atoms with E-state index in [1.54, 1.807) is 6.20 Å². The third-order valence-electron chi connectivity index (χ3n) is 5.60. The average molecular weight is 403 g/mol. The normalized spacial score (nSPS) is 16.3. The minimum atomic E-state index is 0.158. The lowest BCUT2D eigenvalue weighted by molar-refractivity contribution is 0.149. The Morgan fingerprint density at radius 1 is 0.967 bits per heavy atom. The summed E-state index contributed by atoms with van der Waals surface area (Å²) in [7, 11) is 2.19. The number of aryl methyl sites for hydroxylation is 1. The molecule has 0 spiro atoms. The van der Waals surface area contributed by atoms with Gasteiger partial charge in [0.1, 0.15) is 11.5 Å². The van der Waals surface area contributed by atoms with Crippen LogP contribution in [0.4, 0.5) is 5.82 Å². The van der Waals surface area contributed by atoms with Crippen LogP contribution in [0.15, 0.2) is 60.8 Å². The number of anilines is 1. The lowest BCUT2D eigenvalue weighted by atomic mass is 10.1. The molecule has 1 aliphatic heterocycles. The van der Waals surface area contributed by atoms with E-state index in [-0.39, 0.29) is 6.04 Å². The van der Waals surface area contributed by atoms with Gasteiger partial charge in [-0.25, -0.2) is 9.97 Å². The summed E-state index contributed by atoms with van der Waals surface area (Å²) in [6.07, 6.45) is 2.63. The summed E-state index contributed by atoms with van der Waals surface area (Å²) in [5, 5.41) is 3.70. The molecule has 3 aromatic rings. The van der Waals surface area contributed by atoms with Crippen molar-refractivity contribution in [1.29, 1.82) is 0 Å². The molecule has 1 aromatic carbocycles. The van der Waals surface area contributed by atoms with Gasteiger partial charge in [-0.05, 0) is 31.2 Å². The summed E-state index contributed by atoms with van der Waals surface area (Å²) in [6.45, 7) is 7.46. The molecule has 0 bridgehead atoms. The predicted molar refractivity (Wildman–Crippen MR) is 121 cm³/mol. The van der Waals surface area contributed by atoms with Crippen LogP contribution in [0.2, 0.25) is 0 Å². The van der Waals surface area contributed by atoms with E-state index in [4.69, 9.17) is 9.97 Å². The Balaban J connectivity index is 1.60. The van der Waals surface area contributed by atoms with E-state index in [0.717, 1.165) is 56.4 Å². The van der Waals surface area contributed by atoms with Crippen molar-refractivity contribution in [2.75, 3.05) is 45.1 Å². The first-order chi connectivity index (χ1) is 14.7. The van der Waals surface area contributed by atoms with Gasteiger partial charge < -0.3 is 10.2 Å². The van der Waals surface area contributed by atoms with Gasteiger partial charge in [-0.1, -0.05) is 43.3 Å². The molecule has 6 nitrogen and oxygen atoms in total. The molecular weight excluding hydrogens is 372 g/mol. The second-order valence-corrected chi connectivity index (χ2v) is 7.85. The standard InChI is InChI=1S/C24H30N6/c1-3-20-17-23(28-24(26-20)21-11-7-8-12-25-21)27-22(19-9-5-4-6-10-19)18-30-15-13-29(2)14-16-30/h4-12,17,22H,3,13-16,18H2,1-2H3,(H,26,27,28). The molecule has 1 atom stereocenters. The van der Waals surface area contributed by atoms with Gasteiger partial charge >= 0.3 is 0 Å². The van der Waals surface area contributed by atoms with E-state index in [1.165, 1.54) is 5.56 Å². The quantitative estimate of drug-likeness (QED) is 0.653. The summed E-state index contributed by atoms with van der Waals surface area (Å²) < 4.78 is 0. The van der Waals surface area contributed by atoms with Gasteiger partial charge in [-0.15, -0.1) is 0 Å². The van der Waals surface area contributed by atoms with Crippen molar-refractivity contribution in [1.82, 2.24) is 24.8 Å². The third-order valence-corrected chi connectivity index (χ3v) is 5.60. The first-order valence-corrected chi connectivity index (χ1v) is 10.7. The lowest BCUT2D eigenvalue weighted by Gasteiger charge is -2.35. The van der Waals surface area contributed by atoms with Crippen LogP contribution < -0.4 is 5.32 Å². The molecule has 3 heterocycles. The van der Waals surface area contributed by atoms with Gasteiger partial charge in [0.2, 0.25) is 0 Å². The predicted octanol–water partition coefficient (Wildman–Crippen LogP) is 3.50. The summed E-state index contributed by atoms with van der Waals surface area (Å²) in [4.78, 5) is 18.9. The van der Waals surface area contributed by atoms with Crippen molar-refractivity contribution in [2.45, 2.75) is 19.4 Å². The minimum Gasteiger partial charge on any atom is -0.362 e. The number of likely N-dealkylation sites (N-methyl/N-ethyl adjacent to an activating group) is 1.